The molecule has 29 heavy (non-hydrogen) atoms. The first-order valence-corrected chi connectivity index (χ1v) is 9.85. The van der Waals surface area contributed by atoms with Crippen LogP contribution in [0.3, 0.4) is 0 Å². The lowest BCUT2D eigenvalue weighted by Crippen LogP contribution is -2.37. The maximum atomic E-state index is 12.7. The van der Waals surface area contributed by atoms with Crippen LogP contribution >= 0.6 is 0 Å². The van der Waals surface area contributed by atoms with Crippen molar-refractivity contribution in [3.05, 3.63) is 102 Å². The van der Waals surface area contributed by atoms with Gasteiger partial charge in [-0.3, -0.25) is 9.59 Å². The lowest BCUT2D eigenvalue weighted by Gasteiger charge is -2.22. The first kappa shape index (κ1) is 20.3. The van der Waals surface area contributed by atoms with Gasteiger partial charge in [0.2, 0.25) is 11.8 Å². The largest absolute Gasteiger partial charge is 0.354 e. The first-order valence-electron chi connectivity index (χ1n) is 9.85. The lowest BCUT2D eigenvalue weighted by atomic mass is 9.88. The number of nitrogens with zero attached hydrogens (tertiary/aromatic N) is 1. The number of rotatable bonds is 8. The molecule has 0 aromatic heterocycles. The normalized spacial score (nSPS) is 10.6. The smallest absolute Gasteiger partial charge is 0.223 e. The van der Waals surface area contributed by atoms with Gasteiger partial charge in [-0.2, -0.15) is 0 Å². The van der Waals surface area contributed by atoms with Crippen molar-refractivity contribution in [3.8, 4) is 0 Å². The molecule has 2 amide bonds. The van der Waals surface area contributed by atoms with Gasteiger partial charge < -0.3 is 10.2 Å². The molecule has 0 bridgehead atoms. The molecule has 3 aromatic rings. The number of carbonyl (C=O) groups is 2. The van der Waals surface area contributed by atoms with Crippen molar-refractivity contribution in [1.29, 1.82) is 0 Å². The van der Waals surface area contributed by atoms with Crippen molar-refractivity contribution >= 4 is 17.5 Å². The third kappa shape index (κ3) is 5.79. The van der Waals surface area contributed by atoms with Crippen molar-refractivity contribution in [3.63, 3.8) is 0 Å². The summed E-state index contributed by atoms with van der Waals surface area (Å²) in [5, 5.41) is 2.97. The standard InChI is InChI=1S/C25H26N2O2/c1-20(28)27(23-15-9-4-10-16-23)18-17-26-25(29)19-24(21-11-5-2-6-12-21)22-13-7-3-8-14-22/h2-16,24H,17-19H2,1H3,(H,26,29). The molecule has 148 valence electrons. The van der Waals surface area contributed by atoms with Gasteiger partial charge >= 0.3 is 0 Å². The molecule has 0 aliphatic rings. The van der Waals surface area contributed by atoms with E-state index in [4.69, 9.17) is 0 Å². The van der Waals surface area contributed by atoms with Crippen molar-refractivity contribution < 1.29 is 9.59 Å². The van der Waals surface area contributed by atoms with Crippen molar-refractivity contribution in [2.75, 3.05) is 18.0 Å². The van der Waals surface area contributed by atoms with Gasteiger partial charge in [0.25, 0.3) is 0 Å². The Morgan fingerprint density at radius 3 is 1.76 bits per heavy atom. The van der Waals surface area contributed by atoms with Gasteiger partial charge in [-0.1, -0.05) is 78.9 Å². The fraction of sp³-hybridized carbons (Fsp3) is 0.200. The zero-order valence-electron chi connectivity index (χ0n) is 16.6. The van der Waals surface area contributed by atoms with Crippen LogP contribution in [0.15, 0.2) is 91.0 Å². The zero-order valence-corrected chi connectivity index (χ0v) is 16.6. The number of anilines is 1. The summed E-state index contributed by atoms with van der Waals surface area (Å²) in [6, 6.07) is 29.6. The minimum atomic E-state index is -0.0445. The van der Waals surface area contributed by atoms with E-state index in [9.17, 15) is 9.59 Å². The molecule has 3 rings (SSSR count). The maximum Gasteiger partial charge on any atom is 0.223 e. The number of benzene rings is 3. The van der Waals surface area contributed by atoms with Crippen molar-refractivity contribution in [2.24, 2.45) is 0 Å². The van der Waals surface area contributed by atoms with E-state index in [-0.39, 0.29) is 17.7 Å². The second-order valence-electron chi connectivity index (χ2n) is 6.93. The predicted octanol–water partition coefficient (Wildman–Crippen LogP) is 4.38. The van der Waals surface area contributed by atoms with E-state index >= 15 is 0 Å². The predicted molar refractivity (Wildman–Crippen MR) is 117 cm³/mol. The van der Waals surface area contributed by atoms with Crippen LogP contribution in [0.2, 0.25) is 0 Å². The number of carbonyl (C=O) groups excluding carboxylic acids is 2. The molecule has 0 heterocycles. The Labute approximate surface area is 172 Å². The number of hydrogen-bond acceptors (Lipinski definition) is 2. The van der Waals surface area contributed by atoms with Gasteiger partial charge in [0, 0.05) is 38.0 Å². The van der Waals surface area contributed by atoms with E-state index < -0.39 is 0 Å². The first-order chi connectivity index (χ1) is 14.1. The van der Waals surface area contributed by atoms with Crippen molar-refractivity contribution in [1.82, 2.24) is 5.32 Å². The van der Waals surface area contributed by atoms with Crippen LogP contribution < -0.4 is 10.2 Å². The highest BCUT2D eigenvalue weighted by Gasteiger charge is 2.18. The average molecular weight is 386 g/mol. The Morgan fingerprint density at radius 2 is 1.28 bits per heavy atom. The van der Waals surface area contributed by atoms with E-state index in [1.54, 1.807) is 4.90 Å². The molecule has 0 saturated carbocycles. The highest BCUT2D eigenvalue weighted by atomic mass is 16.2. The maximum absolute atomic E-state index is 12.7. The van der Waals surface area contributed by atoms with E-state index in [0.717, 1.165) is 16.8 Å². The molecule has 0 aliphatic carbocycles. The second kappa shape index (κ2) is 10.2. The van der Waals surface area contributed by atoms with Gasteiger partial charge in [0.05, 0.1) is 0 Å². The summed E-state index contributed by atoms with van der Waals surface area (Å²) in [7, 11) is 0. The zero-order chi connectivity index (χ0) is 20.5. The summed E-state index contributed by atoms with van der Waals surface area (Å²) < 4.78 is 0. The van der Waals surface area contributed by atoms with Crippen LogP contribution in [0.1, 0.15) is 30.4 Å². The molecule has 4 heteroatoms. The monoisotopic (exact) mass is 386 g/mol. The van der Waals surface area contributed by atoms with Gasteiger partial charge in [0.1, 0.15) is 0 Å². The van der Waals surface area contributed by atoms with Crippen LogP contribution in [0.25, 0.3) is 0 Å². The molecule has 0 spiro atoms. The van der Waals surface area contributed by atoms with Gasteiger partial charge in [-0.05, 0) is 23.3 Å². The summed E-state index contributed by atoms with van der Waals surface area (Å²) >= 11 is 0. The fourth-order valence-corrected chi connectivity index (χ4v) is 3.44. The van der Waals surface area contributed by atoms with Gasteiger partial charge in [0.15, 0.2) is 0 Å². The number of para-hydroxylation sites is 1. The van der Waals surface area contributed by atoms with E-state index in [1.807, 2.05) is 66.7 Å². The van der Waals surface area contributed by atoms with E-state index in [0.29, 0.717) is 19.5 Å². The Hall–Kier alpha value is -3.40. The molecular formula is C25H26N2O2. The Kier molecular flexibility index (Phi) is 7.17. The highest BCUT2D eigenvalue weighted by molar-refractivity contribution is 5.91. The topological polar surface area (TPSA) is 49.4 Å². The van der Waals surface area contributed by atoms with E-state index in [2.05, 4.69) is 29.6 Å². The van der Waals surface area contributed by atoms with Crippen LogP contribution in [0.5, 0.6) is 0 Å². The van der Waals surface area contributed by atoms with Crippen LogP contribution in [0.4, 0.5) is 5.69 Å². The van der Waals surface area contributed by atoms with Gasteiger partial charge in [-0.25, -0.2) is 0 Å². The fourth-order valence-electron chi connectivity index (χ4n) is 3.44. The summed E-state index contributed by atoms with van der Waals surface area (Å²) in [4.78, 5) is 26.3. The molecule has 0 fully saturated rings. The lowest BCUT2D eigenvalue weighted by molar-refractivity contribution is -0.121. The summed E-state index contributed by atoms with van der Waals surface area (Å²) in [5.74, 6) is -0.0772. The molecule has 1 N–H and O–H groups in total. The summed E-state index contributed by atoms with van der Waals surface area (Å²) in [6.07, 6.45) is 0.361. The summed E-state index contributed by atoms with van der Waals surface area (Å²) in [5.41, 5.74) is 3.06. The molecule has 0 radical (unpaired) electrons. The quantitative estimate of drug-likeness (QED) is 0.625. The minimum absolute atomic E-state index is 0.00423. The van der Waals surface area contributed by atoms with Crippen LogP contribution in [0, 0.1) is 0 Å². The third-order valence-corrected chi connectivity index (χ3v) is 4.90. The minimum Gasteiger partial charge on any atom is -0.354 e. The molecule has 0 aliphatic heterocycles. The number of hydrogen-bond donors (Lipinski definition) is 1. The van der Waals surface area contributed by atoms with Crippen molar-refractivity contribution in [2.45, 2.75) is 19.3 Å². The summed E-state index contributed by atoms with van der Waals surface area (Å²) in [6.45, 7) is 2.38. The molecule has 4 nitrogen and oxygen atoms in total. The molecule has 3 aromatic carbocycles. The average Bonchev–Trinajstić information content (AvgIpc) is 2.76. The van der Waals surface area contributed by atoms with Gasteiger partial charge in [-0.15, -0.1) is 0 Å². The highest BCUT2D eigenvalue weighted by Crippen LogP contribution is 2.27. The molecule has 0 atom stereocenters. The second-order valence-corrected chi connectivity index (χ2v) is 6.93. The van der Waals surface area contributed by atoms with Crippen LogP contribution in [-0.2, 0) is 9.59 Å². The third-order valence-electron chi connectivity index (χ3n) is 4.90. The number of nitrogens with one attached hydrogen (secondary N) is 1. The molecule has 0 saturated heterocycles. The Morgan fingerprint density at radius 1 is 0.793 bits per heavy atom. The van der Waals surface area contributed by atoms with Crippen LogP contribution in [-0.4, -0.2) is 24.9 Å². The SMILES string of the molecule is CC(=O)N(CCNC(=O)CC(c1ccccc1)c1ccccc1)c1ccccc1. The molecule has 0 unspecified atom stereocenters. The van der Waals surface area contributed by atoms with E-state index in [1.165, 1.54) is 6.92 Å². The molecular weight excluding hydrogens is 360 g/mol. The Balaban J connectivity index is 1.62. The Bertz CT molecular complexity index is 872. The number of amides is 2.